The Labute approximate surface area is 115 Å². The van der Waals surface area contributed by atoms with Crippen LogP contribution >= 0.6 is 15.9 Å². The van der Waals surface area contributed by atoms with Gasteiger partial charge in [-0.2, -0.15) is 0 Å². The lowest BCUT2D eigenvalue weighted by Gasteiger charge is -2.16. The molecule has 0 bridgehead atoms. The lowest BCUT2D eigenvalue weighted by molar-refractivity contribution is 0.598. The Kier molecular flexibility index (Phi) is 3.83. The highest BCUT2D eigenvalue weighted by Crippen LogP contribution is 2.27. The Morgan fingerprint density at radius 2 is 1.72 bits per heavy atom. The molecule has 0 aliphatic carbocycles. The summed E-state index contributed by atoms with van der Waals surface area (Å²) in [5.74, 6) is -0.281. The molecule has 2 aromatic carbocycles. The van der Waals surface area contributed by atoms with Crippen molar-refractivity contribution in [3.63, 3.8) is 0 Å². The summed E-state index contributed by atoms with van der Waals surface area (Å²) in [6, 6.07) is 10.6. The zero-order chi connectivity index (χ0) is 13.3. The molecular formula is C15H15BrFN. The monoisotopic (exact) mass is 307 g/mol. The highest BCUT2D eigenvalue weighted by Gasteiger charge is 2.15. The highest BCUT2D eigenvalue weighted by molar-refractivity contribution is 9.10. The molecule has 1 nitrogen and oxygen atoms in total. The van der Waals surface area contributed by atoms with Gasteiger partial charge in [0.25, 0.3) is 0 Å². The van der Waals surface area contributed by atoms with Gasteiger partial charge in [-0.15, -0.1) is 0 Å². The topological polar surface area (TPSA) is 26.0 Å². The van der Waals surface area contributed by atoms with Crippen LogP contribution < -0.4 is 5.73 Å². The minimum atomic E-state index is -0.432. The van der Waals surface area contributed by atoms with E-state index >= 15 is 0 Å². The average Bonchev–Trinajstić information content (AvgIpc) is 2.28. The lowest BCUT2D eigenvalue weighted by atomic mass is 9.94. The van der Waals surface area contributed by atoms with E-state index < -0.39 is 6.04 Å². The molecular weight excluding hydrogens is 293 g/mol. The first kappa shape index (κ1) is 13.2. The van der Waals surface area contributed by atoms with Crippen molar-refractivity contribution in [2.45, 2.75) is 19.9 Å². The molecule has 2 aromatic rings. The van der Waals surface area contributed by atoms with E-state index in [4.69, 9.17) is 5.73 Å². The van der Waals surface area contributed by atoms with Gasteiger partial charge < -0.3 is 5.73 Å². The maximum Gasteiger partial charge on any atom is 0.129 e. The van der Waals surface area contributed by atoms with Crippen LogP contribution in [0.15, 0.2) is 40.9 Å². The van der Waals surface area contributed by atoms with Gasteiger partial charge >= 0.3 is 0 Å². The smallest absolute Gasteiger partial charge is 0.129 e. The van der Waals surface area contributed by atoms with Gasteiger partial charge in [0, 0.05) is 10.0 Å². The van der Waals surface area contributed by atoms with Crippen LogP contribution in [0, 0.1) is 19.7 Å². The fourth-order valence-electron chi connectivity index (χ4n) is 2.10. The van der Waals surface area contributed by atoms with E-state index in [0.29, 0.717) is 5.56 Å². The van der Waals surface area contributed by atoms with Crippen molar-refractivity contribution >= 4 is 15.9 Å². The normalized spacial score (nSPS) is 12.5. The van der Waals surface area contributed by atoms with Crippen molar-refractivity contribution in [1.29, 1.82) is 0 Å². The third kappa shape index (κ3) is 2.62. The third-order valence-electron chi connectivity index (χ3n) is 3.06. The molecule has 0 aliphatic rings. The average molecular weight is 308 g/mol. The number of benzene rings is 2. The molecule has 0 radical (unpaired) electrons. The number of nitrogens with two attached hydrogens (primary N) is 1. The first-order chi connectivity index (χ1) is 8.49. The molecule has 0 saturated carbocycles. The molecule has 0 aliphatic heterocycles. The van der Waals surface area contributed by atoms with Gasteiger partial charge in [-0.1, -0.05) is 45.8 Å². The molecule has 2 N–H and O–H groups in total. The first-order valence-corrected chi connectivity index (χ1v) is 6.56. The van der Waals surface area contributed by atoms with Crippen molar-refractivity contribution in [1.82, 2.24) is 0 Å². The van der Waals surface area contributed by atoms with Crippen molar-refractivity contribution in [2.75, 3.05) is 0 Å². The highest BCUT2D eigenvalue weighted by atomic mass is 79.9. The summed E-state index contributed by atoms with van der Waals surface area (Å²) in [5, 5.41) is 0. The number of hydrogen-bond acceptors (Lipinski definition) is 1. The number of hydrogen-bond donors (Lipinski definition) is 1. The van der Waals surface area contributed by atoms with Crippen molar-refractivity contribution in [3.8, 4) is 0 Å². The van der Waals surface area contributed by atoms with Gasteiger partial charge in [-0.25, -0.2) is 4.39 Å². The van der Waals surface area contributed by atoms with E-state index in [1.807, 2.05) is 32.0 Å². The van der Waals surface area contributed by atoms with Crippen molar-refractivity contribution in [3.05, 3.63) is 68.9 Å². The van der Waals surface area contributed by atoms with Gasteiger partial charge in [-0.05, 0) is 37.1 Å². The van der Waals surface area contributed by atoms with E-state index in [9.17, 15) is 4.39 Å². The van der Waals surface area contributed by atoms with Crippen LogP contribution in [-0.2, 0) is 0 Å². The van der Waals surface area contributed by atoms with Crippen LogP contribution in [0.2, 0.25) is 0 Å². The molecule has 0 aromatic heterocycles. The molecule has 94 valence electrons. The second-order valence-electron chi connectivity index (χ2n) is 4.50. The van der Waals surface area contributed by atoms with E-state index in [-0.39, 0.29) is 5.82 Å². The summed E-state index contributed by atoms with van der Waals surface area (Å²) in [6.45, 7) is 4.03. The Bertz CT molecular complexity index is 529. The summed E-state index contributed by atoms with van der Waals surface area (Å²) in [4.78, 5) is 0. The maximum absolute atomic E-state index is 13.9. The molecule has 0 amide bonds. The first-order valence-electron chi connectivity index (χ1n) is 5.76. The summed E-state index contributed by atoms with van der Waals surface area (Å²) < 4.78 is 14.6. The second-order valence-corrected chi connectivity index (χ2v) is 5.42. The second kappa shape index (κ2) is 5.21. The fourth-order valence-corrected chi connectivity index (χ4v) is 2.43. The van der Waals surface area contributed by atoms with Crippen molar-refractivity contribution < 1.29 is 4.39 Å². The van der Waals surface area contributed by atoms with E-state index in [1.165, 1.54) is 11.6 Å². The molecule has 0 spiro atoms. The van der Waals surface area contributed by atoms with Gasteiger partial charge in [0.1, 0.15) is 5.82 Å². The third-order valence-corrected chi connectivity index (χ3v) is 3.55. The van der Waals surface area contributed by atoms with E-state index in [0.717, 1.165) is 15.6 Å². The molecule has 0 saturated heterocycles. The molecule has 3 heteroatoms. The van der Waals surface area contributed by atoms with Crippen LogP contribution in [-0.4, -0.2) is 0 Å². The Hall–Kier alpha value is -1.19. The fraction of sp³-hybridized carbons (Fsp3) is 0.200. The van der Waals surface area contributed by atoms with Gasteiger partial charge in [0.15, 0.2) is 0 Å². The molecule has 1 unspecified atom stereocenters. The lowest BCUT2D eigenvalue weighted by Crippen LogP contribution is -2.15. The summed E-state index contributed by atoms with van der Waals surface area (Å²) in [7, 11) is 0. The number of aryl methyl sites for hydroxylation is 2. The largest absolute Gasteiger partial charge is 0.320 e. The Balaban J connectivity index is 2.44. The van der Waals surface area contributed by atoms with Crippen molar-refractivity contribution in [2.24, 2.45) is 5.73 Å². The Morgan fingerprint density at radius 3 is 2.33 bits per heavy atom. The molecule has 0 heterocycles. The predicted molar refractivity (Wildman–Crippen MR) is 76.0 cm³/mol. The van der Waals surface area contributed by atoms with Crippen LogP contribution in [0.25, 0.3) is 0 Å². The van der Waals surface area contributed by atoms with Crippen LogP contribution in [0.3, 0.4) is 0 Å². The summed E-state index contributed by atoms with van der Waals surface area (Å²) in [6.07, 6.45) is 0. The van der Waals surface area contributed by atoms with Crippen LogP contribution in [0.4, 0.5) is 4.39 Å². The molecule has 2 rings (SSSR count). The number of rotatable bonds is 2. The quantitative estimate of drug-likeness (QED) is 0.881. The maximum atomic E-state index is 13.9. The van der Waals surface area contributed by atoms with Gasteiger partial charge in [0.05, 0.1) is 6.04 Å². The number of halogens is 2. The van der Waals surface area contributed by atoms with Crippen LogP contribution in [0.1, 0.15) is 28.3 Å². The minimum absolute atomic E-state index is 0.281. The minimum Gasteiger partial charge on any atom is -0.320 e. The summed E-state index contributed by atoms with van der Waals surface area (Å²) in [5.41, 5.74) is 9.91. The zero-order valence-corrected chi connectivity index (χ0v) is 12.0. The molecule has 0 fully saturated rings. The van der Waals surface area contributed by atoms with Crippen LogP contribution in [0.5, 0.6) is 0 Å². The zero-order valence-electron chi connectivity index (χ0n) is 10.4. The van der Waals surface area contributed by atoms with E-state index in [2.05, 4.69) is 22.0 Å². The summed E-state index contributed by atoms with van der Waals surface area (Å²) >= 11 is 3.24. The Morgan fingerprint density at radius 1 is 1.06 bits per heavy atom. The molecule has 18 heavy (non-hydrogen) atoms. The standard InChI is InChI=1S/C15H15BrFN/c1-9-3-5-12(10(2)7-9)15(18)13-6-4-11(16)8-14(13)17/h3-8,15H,18H2,1-2H3. The predicted octanol–water partition coefficient (Wildman–Crippen LogP) is 4.25. The van der Waals surface area contributed by atoms with Gasteiger partial charge in [0.2, 0.25) is 0 Å². The van der Waals surface area contributed by atoms with Gasteiger partial charge in [-0.3, -0.25) is 0 Å². The SMILES string of the molecule is Cc1ccc(C(N)c2ccc(Br)cc2F)c(C)c1. The molecule has 1 atom stereocenters. The van der Waals surface area contributed by atoms with E-state index in [1.54, 1.807) is 6.07 Å².